The number of para-hydroxylation sites is 1. The normalized spacial score (nSPS) is 17.6. The summed E-state index contributed by atoms with van der Waals surface area (Å²) in [5.41, 5.74) is 0.850. The minimum atomic E-state index is -0.124. The van der Waals surface area contributed by atoms with Crippen LogP contribution in [0, 0.1) is 0 Å². The second kappa shape index (κ2) is 8.83. The van der Waals surface area contributed by atoms with Crippen molar-refractivity contribution < 1.29 is 9.21 Å². The Morgan fingerprint density at radius 2 is 2.10 bits per heavy atom. The molecular formula is C23H29N5O2. The number of carbonyl (C=O) groups is 1. The van der Waals surface area contributed by atoms with Gasteiger partial charge in [-0.1, -0.05) is 18.2 Å². The molecule has 30 heavy (non-hydrogen) atoms. The number of aromatic nitrogens is 2. The lowest BCUT2D eigenvalue weighted by molar-refractivity contribution is -0.133. The summed E-state index contributed by atoms with van der Waals surface area (Å²) >= 11 is 0. The lowest BCUT2D eigenvalue weighted by atomic mass is 10.2. The first-order chi connectivity index (χ1) is 14.5. The molecule has 0 spiro atoms. The van der Waals surface area contributed by atoms with E-state index in [2.05, 4.69) is 20.0 Å². The number of benzene rings is 1. The highest BCUT2D eigenvalue weighted by molar-refractivity contribution is 5.80. The molecule has 2 unspecified atom stereocenters. The second-order valence-electron chi connectivity index (χ2n) is 8.14. The van der Waals surface area contributed by atoms with Crippen molar-refractivity contribution in [1.29, 1.82) is 0 Å². The van der Waals surface area contributed by atoms with Gasteiger partial charge in [-0.2, -0.15) is 5.10 Å². The molecule has 1 amide bonds. The molecular weight excluding hydrogens is 378 g/mol. The fourth-order valence-electron chi connectivity index (χ4n) is 4.16. The van der Waals surface area contributed by atoms with E-state index in [9.17, 15) is 4.79 Å². The Balaban J connectivity index is 1.35. The number of carbonyl (C=O) groups excluding carboxylic acids is 1. The minimum absolute atomic E-state index is 0.0782. The number of anilines is 1. The summed E-state index contributed by atoms with van der Waals surface area (Å²) in [5.74, 6) is 1.80. The van der Waals surface area contributed by atoms with Crippen LogP contribution in [0.3, 0.4) is 0 Å². The zero-order valence-corrected chi connectivity index (χ0v) is 17.9. The maximum absolute atomic E-state index is 12.9. The van der Waals surface area contributed by atoms with Gasteiger partial charge < -0.3 is 14.2 Å². The number of furan rings is 1. The summed E-state index contributed by atoms with van der Waals surface area (Å²) < 4.78 is 5.95. The maximum Gasteiger partial charge on any atom is 0.237 e. The van der Waals surface area contributed by atoms with Crippen LogP contribution in [0.15, 0.2) is 53.1 Å². The molecule has 7 nitrogen and oxygen atoms in total. The van der Waals surface area contributed by atoms with E-state index in [1.54, 1.807) is 11.1 Å². The van der Waals surface area contributed by atoms with Crippen molar-refractivity contribution in [1.82, 2.24) is 20.0 Å². The van der Waals surface area contributed by atoms with Gasteiger partial charge in [-0.05, 0) is 51.1 Å². The van der Waals surface area contributed by atoms with Crippen molar-refractivity contribution in [3.05, 3.63) is 54.4 Å². The average molecular weight is 408 g/mol. The van der Waals surface area contributed by atoms with Crippen LogP contribution in [0.4, 0.5) is 5.82 Å². The number of hydrogen-bond acceptors (Lipinski definition) is 6. The number of likely N-dealkylation sites (N-methyl/N-ethyl adjacent to an activating group) is 2. The van der Waals surface area contributed by atoms with Crippen molar-refractivity contribution >= 4 is 22.7 Å². The molecule has 0 bridgehead atoms. The van der Waals surface area contributed by atoms with E-state index in [1.165, 1.54) is 0 Å². The van der Waals surface area contributed by atoms with E-state index in [0.29, 0.717) is 12.6 Å². The molecule has 3 aromatic rings. The smallest absolute Gasteiger partial charge is 0.237 e. The predicted octanol–water partition coefficient (Wildman–Crippen LogP) is 3.34. The number of hydrogen-bond donors (Lipinski definition) is 0. The van der Waals surface area contributed by atoms with E-state index in [-0.39, 0.29) is 11.9 Å². The molecule has 1 aliphatic rings. The second-order valence-corrected chi connectivity index (χ2v) is 8.14. The summed E-state index contributed by atoms with van der Waals surface area (Å²) in [6.07, 6.45) is 3.92. The monoisotopic (exact) mass is 407 g/mol. The zero-order valence-electron chi connectivity index (χ0n) is 17.9. The molecule has 0 aliphatic carbocycles. The highest BCUT2D eigenvalue weighted by Crippen LogP contribution is 2.27. The van der Waals surface area contributed by atoms with Crippen LogP contribution in [-0.2, 0) is 4.79 Å². The van der Waals surface area contributed by atoms with Crippen LogP contribution in [0.2, 0.25) is 0 Å². The Morgan fingerprint density at radius 3 is 2.87 bits per heavy atom. The van der Waals surface area contributed by atoms with Gasteiger partial charge in [0.25, 0.3) is 0 Å². The third-order valence-corrected chi connectivity index (χ3v) is 5.99. The van der Waals surface area contributed by atoms with Gasteiger partial charge in [-0.3, -0.25) is 9.69 Å². The molecule has 7 heteroatoms. The number of fused-ring (bicyclic) bond motifs is 1. The molecule has 158 valence electrons. The standard InChI is InChI=1S/C23H29N5O2/c1-17(21-14-18-8-4-5-10-20(18)30-21)27(3)23(29)16-26(2)15-19-9-7-13-28(19)22-11-6-12-24-25-22/h4-6,8,10-12,14,17,19H,7,9,13,15-16H2,1-3H3. The number of rotatable bonds is 7. The lowest BCUT2D eigenvalue weighted by Crippen LogP contribution is -2.44. The zero-order chi connectivity index (χ0) is 21.1. The fraction of sp³-hybridized carbons (Fsp3) is 0.435. The third kappa shape index (κ3) is 4.31. The van der Waals surface area contributed by atoms with Crippen LogP contribution in [0.25, 0.3) is 11.0 Å². The molecule has 3 heterocycles. The molecule has 0 radical (unpaired) electrons. The molecule has 2 aromatic heterocycles. The first kappa shape index (κ1) is 20.3. The predicted molar refractivity (Wildman–Crippen MR) is 117 cm³/mol. The van der Waals surface area contributed by atoms with E-state index in [0.717, 1.165) is 48.5 Å². The first-order valence-corrected chi connectivity index (χ1v) is 10.5. The molecule has 2 atom stereocenters. The van der Waals surface area contributed by atoms with Crippen LogP contribution in [0.5, 0.6) is 0 Å². The summed E-state index contributed by atoms with van der Waals surface area (Å²) in [4.78, 5) is 19.1. The van der Waals surface area contributed by atoms with Crippen molar-refractivity contribution in [2.45, 2.75) is 31.8 Å². The molecule has 1 aromatic carbocycles. The van der Waals surface area contributed by atoms with Gasteiger partial charge in [0.05, 0.1) is 12.6 Å². The van der Waals surface area contributed by atoms with Crippen LogP contribution in [0.1, 0.15) is 31.6 Å². The average Bonchev–Trinajstić information content (AvgIpc) is 3.40. The summed E-state index contributed by atoms with van der Waals surface area (Å²) in [5, 5.41) is 9.32. The van der Waals surface area contributed by atoms with Crippen molar-refractivity contribution in [2.75, 3.05) is 38.6 Å². The van der Waals surface area contributed by atoms with Gasteiger partial charge in [0.15, 0.2) is 5.82 Å². The Kier molecular flexibility index (Phi) is 5.99. The summed E-state index contributed by atoms with van der Waals surface area (Å²) in [6, 6.07) is 14.1. The Bertz CT molecular complexity index is 956. The van der Waals surface area contributed by atoms with Gasteiger partial charge in [-0.25, -0.2) is 0 Å². The van der Waals surface area contributed by atoms with Crippen molar-refractivity contribution in [3.63, 3.8) is 0 Å². The van der Waals surface area contributed by atoms with Crippen molar-refractivity contribution in [2.24, 2.45) is 0 Å². The molecule has 1 aliphatic heterocycles. The van der Waals surface area contributed by atoms with Gasteiger partial charge in [0.1, 0.15) is 11.3 Å². The van der Waals surface area contributed by atoms with E-state index < -0.39 is 0 Å². The van der Waals surface area contributed by atoms with Gasteiger partial charge >= 0.3 is 0 Å². The fourth-order valence-corrected chi connectivity index (χ4v) is 4.16. The van der Waals surface area contributed by atoms with E-state index in [1.807, 2.05) is 63.5 Å². The highest BCUT2D eigenvalue weighted by atomic mass is 16.3. The van der Waals surface area contributed by atoms with Crippen LogP contribution in [-0.4, -0.2) is 65.7 Å². The summed E-state index contributed by atoms with van der Waals surface area (Å²) in [6.45, 7) is 4.16. The first-order valence-electron chi connectivity index (χ1n) is 10.5. The molecule has 1 fully saturated rings. The van der Waals surface area contributed by atoms with Crippen molar-refractivity contribution in [3.8, 4) is 0 Å². The number of amides is 1. The van der Waals surface area contributed by atoms with Gasteiger partial charge in [-0.15, -0.1) is 5.10 Å². The van der Waals surface area contributed by atoms with Gasteiger partial charge in [0.2, 0.25) is 5.91 Å². The number of nitrogens with zero attached hydrogens (tertiary/aromatic N) is 5. The highest BCUT2D eigenvalue weighted by Gasteiger charge is 2.28. The SMILES string of the molecule is CC(c1cc2ccccc2o1)N(C)C(=O)CN(C)CC1CCCN1c1cccnn1. The molecule has 0 N–H and O–H groups in total. The third-order valence-electron chi connectivity index (χ3n) is 5.99. The quantitative estimate of drug-likeness (QED) is 0.598. The topological polar surface area (TPSA) is 65.7 Å². The Morgan fingerprint density at radius 1 is 1.27 bits per heavy atom. The molecule has 0 saturated carbocycles. The largest absolute Gasteiger partial charge is 0.459 e. The van der Waals surface area contributed by atoms with E-state index in [4.69, 9.17) is 4.42 Å². The Labute approximate surface area is 177 Å². The van der Waals surface area contributed by atoms with Gasteiger partial charge in [0, 0.05) is 37.8 Å². The Hall–Kier alpha value is -2.93. The van der Waals surface area contributed by atoms with E-state index >= 15 is 0 Å². The van der Waals surface area contributed by atoms with Crippen LogP contribution >= 0.6 is 0 Å². The summed E-state index contributed by atoms with van der Waals surface area (Å²) in [7, 11) is 3.85. The molecule has 4 rings (SSSR count). The minimum Gasteiger partial charge on any atom is -0.459 e. The lowest BCUT2D eigenvalue weighted by Gasteiger charge is -2.30. The molecule has 1 saturated heterocycles. The maximum atomic E-state index is 12.9. The van der Waals surface area contributed by atoms with Crippen LogP contribution < -0.4 is 4.90 Å².